The molecule has 0 rings (SSSR count). The molecule has 0 aromatic carbocycles. The van der Waals surface area contributed by atoms with E-state index in [9.17, 15) is 19.8 Å². The summed E-state index contributed by atoms with van der Waals surface area (Å²) in [4.78, 5) is 24.6. The van der Waals surface area contributed by atoms with E-state index >= 15 is 0 Å². The molecule has 6 heteroatoms. The largest absolute Gasteiger partial charge is 0.466 e. The standard InChI is InChI=1S/C74H143NO5/c1-3-5-7-9-11-13-15-17-19-21-23-28-31-34-38-42-46-50-54-58-62-66-72(77)71(70-76)75-73(78)67-63-59-55-51-47-43-39-35-32-29-26-24-25-27-30-33-37-41-45-49-53-57-61-65-69-80-74(79)68-64-60-56-52-48-44-40-36-22-20-18-16-14-12-10-8-6-4-2/h20,22,62,66,71-72,76-77H,3-19,21,23-61,63-65,67-70H2,1-2H3,(H,75,78)/b22-20-,66-62+. The number of aliphatic hydroxyl groups is 2. The molecule has 1 amide bonds. The Morgan fingerprint density at radius 2 is 0.588 bits per heavy atom. The van der Waals surface area contributed by atoms with E-state index in [0.717, 1.165) is 44.9 Å². The van der Waals surface area contributed by atoms with Crippen molar-refractivity contribution >= 4 is 11.9 Å². The fraction of sp³-hybridized carbons (Fsp3) is 0.919. The topological polar surface area (TPSA) is 95.9 Å². The molecule has 0 radical (unpaired) electrons. The zero-order valence-corrected chi connectivity index (χ0v) is 54.3. The first-order valence-corrected chi connectivity index (χ1v) is 36.6. The summed E-state index contributed by atoms with van der Waals surface area (Å²) in [5, 5.41) is 23.3. The van der Waals surface area contributed by atoms with Gasteiger partial charge >= 0.3 is 5.97 Å². The third-order valence-corrected chi connectivity index (χ3v) is 17.2. The molecule has 2 unspecified atom stereocenters. The molecular weight excluding hydrogens is 983 g/mol. The molecule has 0 aromatic rings. The summed E-state index contributed by atoms with van der Waals surface area (Å²) in [6.45, 7) is 4.94. The average molecular weight is 1130 g/mol. The van der Waals surface area contributed by atoms with Crippen LogP contribution in [0.25, 0.3) is 0 Å². The van der Waals surface area contributed by atoms with Gasteiger partial charge in [0.05, 0.1) is 25.4 Å². The van der Waals surface area contributed by atoms with Gasteiger partial charge in [0.1, 0.15) is 0 Å². The molecule has 0 saturated heterocycles. The maximum absolute atomic E-state index is 12.5. The highest BCUT2D eigenvalue weighted by Crippen LogP contribution is 2.19. The van der Waals surface area contributed by atoms with Gasteiger partial charge in [-0.25, -0.2) is 0 Å². The summed E-state index contributed by atoms with van der Waals surface area (Å²) in [5.41, 5.74) is 0. The van der Waals surface area contributed by atoms with Crippen LogP contribution in [0.5, 0.6) is 0 Å². The van der Waals surface area contributed by atoms with Gasteiger partial charge in [-0.2, -0.15) is 0 Å². The van der Waals surface area contributed by atoms with Crippen molar-refractivity contribution in [1.29, 1.82) is 0 Å². The van der Waals surface area contributed by atoms with Gasteiger partial charge in [-0.15, -0.1) is 0 Å². The molecule has 0 aromatic heterocycles. The maximum atomic E-state index is 12.5. The van der Waals surface area contributed by atoms with Crippen molar-refractivity contribution < 1.29 is 24.5 Å². The van der Waals surface area contributed by atoms with Gasteiger partial charge in [0.2, 0.25) is 5.91 Å². The lowest BCUT2D eigenvalue weighted by atomic mass is 10.0. The lowest BCUT2D eigenvalue weighted by Crippen LogP contribution is -2.45. The number of amides is 1. The third-order valence-electron chi connectivity index (χ3n) is 17.2. The zero-order valence-electron chi connectivity index (χ0n) is 54.3. The molecule has 0 saturated carbocycles. The van der Waals surface area contributed by atoms with E-state index in [-0.39, 0.29) is 18.5 Å². The van der Waals surface area contributed by atoms with Crippen LogP contribution in [0.3, 0.4) is 0 Å². The molecule has 0 aliphatic carbocycles. The fourth-order valence-corrected chi connectivity index (χ4v) is 11.6. The number of ether oxygens (including phenoxy) is 1. The molecule has 3 N–H and O–H groups in total. The monoisotopic (exact) mass is 1130 g/mol. The molecule has 0 aliphatic rings. The average Bonchev–Trinajstić information content (AvgIpc) is 3.46. The van der Waals surface area contributed by atoms with Crippen molar-refractivity contribution in [3.63, 3.8) is 0 Å². The number of nitrogens with one attached hydrogen (secondary N) is 1. The molecular formula is C74H143NO5. The first-order valence-electron chi connectivity index (χ1n) is 36.6. The van der Waals surface area contributed by atoms with Crippen LogP contribution in [0.2, 0.25) is 0 Å². The molecule has 80 heavy (non-hydrogen) atoms. The summed E-state index contributed by atoms with van der Waals surface area (Å²) < 4.78 is 5.51. The van der Waals surface area contributed by atoms with E-state index < -0.39 is 12.1 Å². The van der Waals surface area contributed by atoms with Crippen LogP contribution < -0.4 is 5.32 Å². The molecule has 474 valence electrons. The molecule has 0 heterocycles. The second kappa shape index (κ2) is 69.8. The van der Waals surface area contributed by atoms with Gasteiger partial charge in [0.15, 0.2) is 0 Å². The number of carbonyl (C=O) groups is 2. The minimum atomic E-state index is -0.845. The van der Waals surface area contributed by atoms with Crippen LogP contribution in [-0.4, -0.2) is 47.4 Å². The molecule has 6 nitrogen and oxygen atoms in total. The van der Waals surface area contributed by atoms with Gasteiger partial charge in [-0.1, -0.05) is 366 Å². The second-order valence-electron chi connectivity index (χ2n) is 25.3. The van der Waals surface area contributed by atoms with Gasteiger partial charge in [0.25, 0.3) is 0 Å². The lowest BCUT2D eigenvalue weighted by molar-refractivity contribution is -0.143. The fourth-order valence-electron chi connectivity index (χ4n) is 11.6. The van der Waals surface area contributed by atoms with Crippen LogP contribution in [-0.2, 0) is 14.3 Å². The number of unbranched alkanes of at least 4 members (excludes halogenated alkanes) is 56. The van der Waals surface area contributed by atoms with Crippen molar-refractivity contribution in [2.75, 3.05) is 13.2 Å². The highest BCUT2D eigenvalue weighted by molar-refractivity contribution is 5.76. The van der Waals surface area contributed by atoms with Gasteiger partial charge < -0.3 is 20.3 Å². The van der Waals surface area contributed by atoms with Crippen LogP contribution in [0, 0.1) is 0 Å². The minimum absolute atomic E-state index is 0.0131. The third kappa shape index (κ3) is 65.5. The highest BCUT2D eigenvalue weighted by Gasteiger charge is 2.18. The predicted molar refractivity (Wildman–Crippen MR) is 352 cm³/mol. The first-order chi connectivity index (χ1) is 39.5. The number of rotatable bonds is 69. The number of hydrogen-bond acceptors (Lipinski definition) is 5. The SMILES string of the molecule is CCCCCCCCC/C=C\CCCCCCCCCC(=O)OCCCCCCCCCCCCCCCCCCCCCCCCCCC(=O)NC(CO)C(O)/C=C/CCCCCCCCCCCCCCCCCCCCC. The molecule has 0 spiro atoms. The van der Waals surface area contributed by atoms with Crippen LogP contribution >= 0.6 is 0 Å². The quantitative estimate of drug-likeness (QED) is 0.0320. The van der Waals surface area contributed by atoms with Crippen molar-refractivity contribution in [2.45, 2.75) is 424 Å². The summed E-state index contributed by atoms with van der Waals surface area (Å²) in [6.07, 6.45) is 88.3. The Kier molecular flexibility index (Phi) is 68.4. The van der Waals surface area contributed by atoms with E-state index in [1.807, 2.05) is 6.08 Å². The Balaban J connectivity index is 3.38. The number of hydrogen-bond donors (Lipinski definition) is 3. The normalized spacial score (nSPS) is 12.6. The second-order valence-corrected chi connectivity index (χ2v) is 25.3. The van der Waals surface area contributed by atoms with E-state index in [1.165, 1.54) is 340 Å². The zero-order chi connectivity index (χ0) is 57.8. The van der Waals surface area contributed by atoms with Crippen LogP contribution in [0.1, 0.15) is 412 Å². The molecule has 0 bridgehead atoms. The summed E-state index contributed by atoms with van der Waals surface area (Å²) in [5.74, 6) is -0.0495. The number of aliphatic hydroxyl groups excluding tert-OH is 2. The van der Waals surface area contributed by atoms with E-state index in [4.69, 9.17) is 4.74 Å². The summed E-state index contributed by atoms with van der Waals surface area (Å²) in [6, 6.07) is -0.628. The Hall–Kier alpha value is -1.66. The molecule has 0 aliphatic heterocycles. The van der Waals surface area contributed by atoms with Crippen molar-refractivity contribution in [2.24, 2.45) is 0 Å². The number of esters is 1. The van der Waals surface area contributed by atoms with E-state index in [2.05, 4.69) is 31.3 Å². The van der Waals surface area contributed by atoms with Gasteiger partial charge in [-0.05, 0) is 57.8 Å². The minimum Gasteiger partial charge on any atom is -0.466 e. The van der Waals surface area contributed by atoms with E-state index in [0.29, 0.717) is 19.4 Å². The van der Waals surface area contributed by atoms with Crippen molar-refractivity contribution in [3.05, 3.63) is 24.3 Å². The Morgan fingerprint density at radius 3 is 0.887 bits per heavy atom. The Labute approximate surface area is 501 Å². The Morgan fingerprint density at radius 1 is 0.338 bits per heavy atom. The van der Waals surface area contributed by atoms with Gasteiger partial charge in [0, 0.05) is 12.8 Å². The summed E-state index contributed by atoms with van der Waals surface area (Å²) >= 11 is 0. The van der Waals surface area contributed by atoms with Crippen molar-refractivity contribution in [3.8, 4) is 0 Å². The van der Waals surface area contributed by atoms with Gasteiger partial charge in [-0.3, -0.25) is 9.59 Å². The summed E-state index contributed by atoms with van der Waals surface area (Å²) in [7, 11) is 0. The smallest absolute Gasteiger partial charge is 0.305 e. The first kappa shape index (κ1) is 78.3. The number of allylic oxidation sites excluding steroid dienone is 3. The highest BCUT2D eigenvalue weighted by atomic mass is 16.5. The van der Waals surface area contributed by atoms with E-state index in [1.54, 1.807) is 6.08 Å². The molecule has 0 fully saturated rings. The number of carbonyl (C=O) groups excluding carboxylic acids is 2. The van der Waals surface area contributed by atoms with Crippen molar-refractivity contribution in [1.82, 2.24) is 5.32 Å². The predicted octanol–water partition coefficient (Wildman–Crippen LogP) is 23.7. The van der Waals surface area contributed by atoms with Crippen LogP contribution in [0.4, 0.5) is 0 Å². The molecule has 2 atom stereocenters. The maximum Gasteiger partial charge on any atom is 0.305 e. The van der Waals surface area contributed by atoms with Crippen LogP contribution in [0.15, 0.2) is 24.3 Å². The lowest BCUT2D eigenvalue weighted by Gasteiger charge is -2.20. The Bertz CT molecular complexity index is 1250.